The molecule has 0 saturated carbocycles. The van der Waals surface area contributed by atoms with Crippen LogP contribution in [0, 0.1) is 5.82 Å². The largest absolute Gasteiger partial charge is 0.337 e. The molecule has 5 nitrogen and oxygen atoms in total. The summed E-state index contributed by atoms with van der Waals surface area (Å²) >= 11 is 0. The number of carbonyl (C=O) groups excluding carboxylic acids is 1. The smallest absolute Gasteiger partial charge is 0.256 e. The highest BCUT2D eigenvalue weighted by molar-refractivity contribution is 6.06. The zero-order valence-electron chi connectivity index (χ0n) is 27.8. The first-order chi connectivity index (χ1) is 22.8. The summed E-state index contributed by atoms with van der Waals surface area (Å²) in [5.41, 5.74) is 8.16. The number of carbonyl (C=O) groups is 1. The van der Waals surface area contributed by atoms with Crippen LogP contribution in [0.25, 0.3) is 11.1 Å². The molecule has 47 heavy (non-hydrogen) atoms. The number of hydrogen-bond acceptors (Lipinski definition) is 4. The highest BCUT2D eigenvalue weighted by atomic mass is 19.1. The van der Waals surface area contributed by atoms with Gasteiger partial charge in [0.1, 0.15) is 11.9 Å². The SMILES string of the molecule is C=C(C)c1ccc(CCCC2C(N=C(C)C3=CC=C(c4ccccc4)CC3)C(=O)N(CC)C3=NC(c4ccccc4)CCN32)c(F)c1. The Morgan fingerprint density at radius 2 is 1.74 bits per heavy atom. The fourth-order valence-electron chi connectivity index (χ4n) is 7.08. The molecule has 1 amide bonds. The number of rotatable bonds is 10. The van der Waals surface area contributed by atoms with E-state index in [0.717, 1.165) is 60.6 Å². The van der Waals surface area contributed by atoms with Crippen molar-refractivity contribution in [3.8, 4) is 0 Å². The van der Waals surface area contributed by atoms with Crippen molar-refractivity contribution in [1.29, 1.82) is 0 Å². The fraction of sp³-hybridized carbons (Fsp3) is 0.341. The van der Waals surface area contributed by atoms with Gasteiger partial charge in [-0.05, 0) is 98.8 Å². The summed E-state index contributed by atoms with van der Waals surface area (Å²) in [6.45, 7) is 11.2. The summed E-state index contributed by atoms with van der Waals surface area (Å²) in [4.78, 5) is 28.9. The Kier molecular flexibility index (Phi) is 9.95. The molecule has 2 aliphatic heterocycles. The van der Waals surface area contributed by atoms with Gasteiger partial charge in [0.2, 0.25) is 5.96 Å². The van der Waals surface area contributed by atoms with Crippen LogP contribution in [0.2, 0.25) is 0 Å². The van der Waals surface area contributed by atoms with E-state index in [9.17, 15) is 4.79 Å². The number of likely N-dealkylation sites (N-methyl/N-ethyl adjacent to an activating group) is 1. The van der Waals surface area contributed by atoms with E-state index in [1.165, 1.54) is 16.7 Å². The monoisotopic (exact) mass is 628 g/mol. The number of benzene rings is 3. The Morgan fingerprint density at radius 3 is 2.40 bits per heavy atom. The van der Waals surface area contributed by atoms with Crippen LogP contribution >= 0.6 is 0 Å². The molecule has 1 fully saturated rings. The first-order valence-electron chi connectivity index (χ1n) is 17.0. The highest BCUT2D eigenvalue weighted by Crippen LogP contribution is 2.34. The van der Waals surface area contributed by atoms with E-state index in [1.54, 1.807) is 6.07 Å². The summed E-state index contributed by atoms with van der Waals surface area (Å²) in [5.74, 6) is 0.538. The summed E-state index contributed by atoms with van der Waals surface area (Å²) in [5, 5.41) is 0. The summed E-state index contributed by atoms with van der Waals surface area (Å²) < 4.78 is 15.0. The minimum absolute atomic E-state index is 0.00511. The minimum Gasteiger partial charge on any atom is -0.337 e. The van der Waals surface area contributed by atoms with Gasteiger partial charge in [-0.1, -0.05) is 97.1 Å². The molecule has 1 saturated heterocycles. The quantitative estimate of drug-likeness (QED) is 0.211. The zero-order valence-corrected chi connectivity index (χ0v) is 27.8. The molecule has 1 aliphatic carbocycles. The number of fused-ring (bicyclic) bond motifs is 1. The molecule has 0 aromatic heterocycles. The molecule has 0 N–H and O–H groups in total. The molecular weight excluding hydrogens is 583 g/mol. The van der Waals surface area contributed by atoms with Gasteiger partial charge < -0.3 is 4.90 Å². The van der Waals surface area contributed by atoms with Crippen molar-refractivity contribution < 1.29 is 9.18 Å². The number of amides is 1. The third-order valence-corrected chi connectivity index (χ3v) is 9.78. The molecule has 242 valence electrons. The van der Waals surface area contributed by atoms with Gasteiger partial charge in [0.15, 0.2) is 0 Å². The number of aliphatic imine (C=N–C) groups is 2. The van der Waals surface area contributed by atoms with Crippen molar-refractivity contribution in [2.24, 2.45) is 9.98 Å². The molecule has 6 heteroatoms. The van der Waals surface area contributed by atoms with Crippen LogP contribution in [-0.2, 0) is 11.2 Å². The van der Waals surface area contributed by atoms with Crippen LogP contribution in [0.15, 0.2) is 113 Å². The second kappa shape index (κ2) is 14.5. The maximum atomic E-state index is 15.0. The van der Waals surface area contributed by atoms with Gasteiger partial charge in [-0.2, -0.15) is 0 Å². The molecule has 6 rings (SSSR count). The minimum atomic E-state index is -0.557. The lowest BCUT2D eigenvalue weighted by Gasteiger charge is -2.48. The number of allylic oxidation sites excluding steroid dienone is 5. The number of aryl methyl sites for hydroxylation is 1. The second-order valence-corrected chi connectivity index (χ2v) is 12.9. The van der Waals surface area contributed by atoms with Crippen molar-refractivity contribution in [1.82, 2.24) is 9.80 Å². The van der Waals surface area contributed by atoms with E-state index in [2.05, 4.69) is 60.0 Å². The van der Waals surface area contributed by atoms with Gasteiger partial charge in [-0.15, -0.1) is 0 Å². The van der Waals surface area contributed by atoms with E-state index in [4.69, 9.17) is 9.98 Å². The summed E-state index contributed by atoms with van der Waals surface area (Å²) in [6, 6.07) is 25.5. The fourth-order valence-corrected chi connectivity index (χ4v) is 7.08. The lowest BCUT2D eigenvalue weighted by Crippen LogP contribution is -2.65. The van der Waals surface area contributed by atoms with Crippen LogP contribution < -0.4 is 0 Å². The third-order valence-electron chi connectivity index (χ3n) is 9.78. The van der Waals surface area contributed by atoms with Crippen LogP contribution in [0.3, 0.4) is 0 Å². The molecule has 3 aromatic rings. The summed E-state index contributed by atoms with van der Waals surface area (Å²) in [7, 11) is 0. The maximum Gasteiger partial charge on any atom is 0.256 e. The van der Waals surface area contributed by atoms with Gasteiger partial charge >= 0.3 is 0 Å². The van der Waals surface area contributed by atoms with E-state index >= 15 is 4.39 Å². The number of guanidine groups is 1. The molecule has 3 aliphatic rings. The molecule has 0 spiro atoms. The van der Waals surface area contributed by atoms with Gasteiger partial charge in [0.25, 0.3) is 5.91 Å². The average molecular weight is 629 g/mol. The number of nitrogens with zero attached hydrogens (tertiary/aromatic N) is 4. The molecule has 3 aromatic carbocycles. The van der Waals surface area contributed by atoms with E-state index in [1.807, 2.05) is 62.1 Å². The van der Waals surface area contributed by atoms with Crippen LogP contribution in [-0.4, -0.2) is 52.6 Å². The first kappa shape index (κ1) is 32.4. The van der Waals surface area contributed by atoms with E-state index in [0.29, 0.717) is 24.9 Å². The molecule has 3 atom stereocenters. The molecule has 2 heterocycles. The average Bonchev–Trinajstić information content (AvgIpc) is 3.10. The van der Waals surface area contributed by atoms with Crippen molar-refractivity contribution in [2.75, 3.05) is 13.1 Å². The predicted octanol–water partition coefficient (Wildman–Crippen LogP) is 8.85. The van der Waals surface area contributed by atoms with Crippen molar-refractivity contribution in [3.05, 3.63) is 131 Å². The molecule has 0 radical (unpaired) electrons. The van der Waals surface area contributed by atoms with E-state index < -0.39 is 6.04 Å². The van der Waals surface area contributed by atoms with Crippen LogP contribution in [0.4, 0.5) is 4.39 Å². The standard InChI is InChI=1S/C41H45FN4O/c1-5-45-40(47)39(43-29(4)30-19-21-32(22-20-30)31-13-8-6-9-14-31)38(18-12-17-33-23-24-35(28(2)3)27-36(33)42)46-26-25-37(44-41(45)46)34-15-10-7-11-16-34/h6-11,13-16,19,21,23-24,27,37-39H,2,5,12,17-18,20,22,25-26H2,1,3-4H3. The lowest BCUT2D eigenvalue weighted by molar-refractivity contribution is -0.133. The molecule has 3 unspecified atom stereocenters. The Morgan fingerprint density at radius 1 is 1.00 bits per heavy atom. The van der Waals surface area contributed by atoms with Crippen LogP contribution in [0.5, 0.6) is 0 Å². The first-order valence-corrected chi connectivity index (χ1v) is 17.0. The second-order valence-electron chi connectivity index (χ2n) is 12.9. The Balaban J connectivity index is 1.29. The Bertz CT molecular complexity index is 1740. The van der Waals surface area contributed by atoms with Crippen LogP contribution in [0.1, 0.15) is 81.2 Å². The maximum absolute atomic E-state index is 15.0. The molecular formula is C41H45FN4O. The number of hydrogen-bond donors (Lipinski definition) is 0. The topological polar surface area (TPSA) is 48.3 Å². The number of halogens is 1. The van der Waals surface area contributed by atoms with Gasteiger partial charge in [0, 0.05) is 18.8 Å². The normalized spacial score (nSPS) is 21.5. The van der Waals surface area contributed by atoms with Gasteiger partial charge in [-0.3, -0.25) is 14.7 Å². The lowest BCUT2D eigenvalue weighted by atomic mass is 9.90. The zero-order chi connectivity index (χ0) is 32.9. The van der Waals surface area contributed by atoms with Crippen molar-refractivity contribution >= 4 is 28.7 Å². The van der Waals surface area contributed by atoms with Crippen molar-refractivity contribution in [3.63, 3.8) is 0 Å². The Labute approximate surface area is 278 Å². The van der Waals surface area contributed by atoms with Gasteiger partial charge in [0.05, 0.1) is 12.1 Å². The van der Waals surface area contributed by atoms with Crippen molar-refractivity contribution in [2.45, 2.75) is 77.4 Å². The van der Waals surface area contributed by atoms with E-state index in [-0.39, 0.29) is 23.8 Å². The third kappa shape index (κ3) is 7.07. The highest BCUT2D eigenvalue weighted by Gasteiger charge is 2.46. The van der Waals surface area contributed by atoms with Gasteiger partial charge in [-0.25, -0.2) is 9.38 Å². The summed E-state index contributed by atoms with van der Waals surface area (Å²) in [6.07, 6.45) is 9.07. The Hall–Kier alpha value is -4.58. The molecule has 0 bridgehead atoms. The predicted molar refractivity (Wildman–Crippen MR) is 192 cm³/mol.